The molecule has 1 rings (SSSR count). The van der Waals surface area contributed by atoms with Crippen molar-refractivity contribution in [3.63, 3.8) is 0 Å². The minimum absolute atomic E-state index is 0.685. The Hall–Kier alpha value is -1.20. The molecular formula is C14H21O6P. The number of carbonyl (C=O) groups is 1. The highest BCUT2D eigenvalue weighted by Gasteiger charge is 2.36. The standard InChI is InChI=1S/C14H21O6P/c1-13(2,3)12(15)18-20-21(16,17)19-14(4,5)11-9-7-6-8-10-11/h6-10H,1-5H3,(H,16,17). The zero-order valence-electron chi connectivity index (χ0n) is 12.8. The topological polar surface area (TPSA) is 82.1 Å². The Labute approximate surface area is 124 Å². The number of phosphoric acid groups is 1. The van der Waals surface area contributed by atoms with Crippen molar-refractivity contribution in [3.8, 4) is 0 Å². The van der Waals surface area contributed by atoms with Crippen molar-refractivity contribution >= 4 is 13.8 Å². The summed E-state index contributed by atoms with van der Waals surface area (Å²) in [5, 5.41) is 0. The van der Waals surface area contributed by atoms with E-state index < -0.39 is 24.8 Å². The maximum Gasteiger partial charge on any atom is 0.509 e. The van der Waals surface area contributed by atoms with Crippen LogP contribution < -0.4 is 0 Å². The molecule has 1 atom stereocenters. The van der Waals surface area contributed by atoms with E-state index >= 15 is 0 Å². The highest BCUT2D eigenvalue weighted by Crippen LogP contribution is 2.50. The van der Waals surface area contributed by atoms with Gasteiger partial charge in [0.25, 0.3) is 0 Å². The normalized spacial score (nSPS) is 15.3. The van der Waals surface area contributed by atoms with Crippen LogP contribution >= 0.6 is 7.82 Å². The van der Waals surface area contributed by atoms with Crippen molar-refractivity contribution in [1.29, 1.82) is 0 Å². The SMILES string of the molecule is CC(C)(C)C(=O)OOP(=O)(O)OC(C)(C)c1ccccc1. The van der Waals surface area contributed by atoms with Crippen molar-refractivity contribution in [2.75, 3.05) is 0 Å². The molecule has 0 amide bonds. The Balaban J connectivity index is 2.72. The molecule has 0 bridgehead atoms. The van der Waals surface area contributed by atoms with Gasteiger partial charge in [0, 0.05) is 0 Å². The van der Waals surface area contributed by atoms with E-state index in [2.05, 4.69) is 9.56 Å². The zero-order valence-corrected chi connectivity index (χ0v) is 13.7. The summed E-state index contributed by atoms with van der Waals surface area (Å²) in [4.78, 5) is 25.5. The van der Waals surface area contributed by atoms with Gasteiger partial charge in [-0.05, 0) is 40.2 Å². The van der Waals surface area contributed by atoms with E-state index in [4.69, 9.17) is 4.52 Å². The van der Waals surface area contributed by atoms with Gasteiger partial charge in [0.05, 0.1) is 11.0 Å². The van der Waals surface area contributed by atoms with Crippen LogP contribution in [-0.2, 0) is 29.0 Å². The van der Waals surface area contributed by atoms with Crippen LogP contribution in [0.25, 0.3) is 0 Å². The fourth-order valence-electron chi connectivity index (χ4n) is 1.40. The molecule has 1 aromatic carbocycles. The number of phosphoric ester groups is 1. The molecule has 1 unspecified atom stereocenters. The molecule has 1 N–H and O–H groups in total. The van der Waals surface area contributed by atoms with Crippen LogP contribution in [0.15, 0.2) is 30.3 Å². The number of carbonyl (C=O) groups excluding carboxylic acids is 1. The Morgan fingerprint density at radius 3 is 2.10 bits per heavy atom. The van der Waals surface area contributed by atoms with Gasteiger partial charge in [-0.25, -0.2) is 9.36 Å². The molecular weight excluding hydrogens is 295 g/mol. The van der Waals surface area contributed by atoms with E-state index in [0.717, 1.165) is 0 Å². The first-order valence-corrected chi connectivity index (χ1v) is 7.93. The number of rotatable bonds is 5. The van der Waals surface area contributed by atoms with Crippen LogP contribution in [0, 0.1) is 5.41 Å². The second-order valence-electron chi connectivity index (χ2n) is 6.13. The lowest BCUT2D eigenvalue weighted by atomic mass is 9.98. The van der Waals surface area contributed by atoms with E-state index in [1.54, 1.807) is 58.9 Å². The molecule has 0 fully saturated rings. The lowest BCUT2D eigenvalue weighted by Crippen LogP contribution is -2.24. The van der Waals surface area contributed by atoms with Crippen molar-refractivity contribution in [2.24, 2.45) is 5.41 Å². The van der Waals surface area contributed by atoms with Crippen molar-refractivity contribution < 1.29 is 28.3 Å². The number of hydrogen-bond donors (Lipinski definition) is 1. The molecule has 0 radical (unpaired) electrons. The van der Waals surface area contributed by atoms with Crippen LogP contribution in [0.4, 0.5) is 0 Å². The van der Waals surface area contributed by atoms with Crippen LogP contribution in [-0.4, -0.2) is 10.9 Å². The van der Waals surface area contributed by atoms with E-state index in [1.807, 2.05) is 6.07 Å². The molecule has 0 heterocycles. The molecule has 0 spiro atoms. The van der Waals surface area contributed by atoms with Gasteiger partial charge in [-0.2, -0.15) is 0 Å². The van der Waals surface area contributed by atoms with Gasteiger partial charge < -0.3 is 4.89 Å². The van der Waals surface area contributed by atoms with Crippen LogP contribution in [0.3, 0.4) is 0 Å². The lowest BCUT2D eigenvalue weighted by molar-refractivity contribution is -0.235. The summed E-state index contributed by atoms with van der Waals surface area (Å²) in [5.74, 6) is -0.766. The Kier molecular flexibility index (Phi) is 5.34. The minimum atomic E-state index is -4.55. The maximum absolute atomic E-state index is 11.9. The predicted molar refractivity (Wildman–Crippen MR) is 77.0 cm³/mol. The van der Waals surface area contributed by atoms with Gasteiger partial charge in [-0.3, -0.25) is 9.41 Å². The Morgan fingerprint density at radius 2 is 1.62 bits per heavy atom. The largest absolute Gasteiger partial charge is 0.509 e. The third-order valence-electron chi connectivity index (χ3n) is 2.63. The molecule has 7 heteroatoms. The van der Waals surface area contributed by atoms with Crippen molar-refractivity contribution in [3.05, 3.63) is 35.9 Å². The number of hydrogen-bond acceptors (Lipinski definition) is 5. The first-order chi connectivity index (χ1) is 9.44. The van der Waals surface area contributed by atoms with Gasteiger partial charge in [0.15, 0.2) is 0 Å². The number of benzene rings is 1. The maximum atomic E-state index is 11.9. The summed E-state index contributed by atoms with van der Waals surface area (Å²) in [7, 11) is -4.55. The lowest BCUT2D eigenvalue weighted by Gasteiger charge is -2.27. The summed E-state index contributed by atoms with van der Waals surface area (Å²) >= 11 is 0. The molecule has 0 saturated carbocycles. The fraction of sp³-hybridized carbons (Fsp3) is 0.500. The van der Waals surface area contributed by atoms with Crippen LogP contribution in [0.5, 0.6) is 0 Å². The molecule has 118 valence electrons. The van der Waals surface area contributed by atoms with Crippen LogP contribution in [0.1, 0.15) is 40.2 Å². The van der Waals surface area contributed by atoms with E-state index in [-0.39, 0.29) is 0 Å². The zero-order chi connectivity index (χ0) is 16.3. The van der Waals surface area contributed by atoms with E-state index in [1.165, 1.54) is 0 Å². The monoisotopic (exact) mass is 316 g/mol. The van der Waals surface area contributed by atoms with Gasteiger partial charge in [-0.1, -0.05) is 35.0 Å². The minimum Gasteiger partial charge on any atom is -0.300 e. The smallest absolute Gasteiger partial charge is 0.300 e. The van der Waals surface area contributed by atoms with Crippen molar-refractivity contribution in [2.45, 2.75) is 40.2 Å². The quantitative estimate of drug-likeness (QED) is 0.508. The second-order valence-corrected chi connectivity index (χ2v) is 7.40. The molecule has 0 aliphatic carbocycles. The first kappa shape index (κ1) is 17.9. The summed E-state index contributed by atoms with van der Waals surface area (Å²) in [5.41, 5.74) is -1.25. The average molecular weight is 316 g/mol. The van der Waals surface area contributed by atoms with Gasteiger partial charge in [-0.15, -0.1) is 0 Å². The van der Waals surface area contributed by atoms with Gasteiger partial charge in [0.1, 0.15) is 0 Å². The summed E-state index contributed by atoms with van der Waals surface area (Å²) < 4.78 is 21.3. The summed E-state index contributed by atoms with van der Waals surface area (Å²) in [6.07, 6.45) is 0. The van der Waals surface area contributed by atoms with E-state index in [9.17, 15) is 14.3 Å². The molecule has 21 heavy (non-hydrogen) atoms. The highest BCUT2D eigenvalue weighted by atomic mass is 31.2. The molecule has 6 nitrogen and oxygen atoms in total. The van der Waals surface area contributed by atoms with Gasteiger partial charge >= 0.3 is 13.8 Å². The third-order valence-corrected chi connectivity index (χ3v) is 3.58. The molecule has 0 aliphatic heterocycles. The van der Waals surface area contributed by atoms with Gasteiger partial charge in [0.2, 0.25) is 0 Å². The highest BCUT2D eigenvalue weighted by molar-refractivity contribution is 7.47. The van der Waals surface area contributed by atoms with E-state index in [0.29, 0.717) is 5.56 Å². The molecule has 1 aromatic rings. The van der Waals surface area contributed by atoms with Crippen molar-refractivity contribution in [1.82, 2.24) is 0 Å². The summed E-state index contributed by atoms with van der Waals surface area (Å²) in [6.45, 7) is 8.00. The molecule has 0 aromatic heterocycles. The predicted octanol–water partition coefficient (Wildman–Crippen LogP) is 3.56. The molecule has 0 saturated heterocycles. The second kappa shape index (κ2) is 6.28. The Morgan fingerprint density at radius 1 is 1.10 bits per heavy atom. The third kappa shape index (κ3) is 5.59. The fourth-order valence-corrected chi connectivity index (χ4v) is 2.28. The molecule has 0 aliphatic rings. The van der Waals surface area contributed by atoms with Crippen LogP contribution in [0.2, 0.25) is 0 Å². The first-order valence-electron chi connectivity index (χ1n) is 6.44. The Bertz CT molecular complexity index is 532. The average Bonchev–Trinajstić information content (AvgIpc) is 2.35. The summed E-state index contributed by atoms with van der Waals surface area (Å²) in [6, 6.07) is 8.88.